The summed E-state index contributed by atoms with van der Waals surface area (Å²) in [4.78, 5) is 20.4. The fraction of sp³-hybridized carbons (Fsp3) is 0.118. The highest BCUT2D eigenvalue weighted by Gasteiger charge is 2.16. The molecule has 0 aliphatic heterocycles. The summed E-state index contributed by atoms with van der Waals surface area (Å²) in [5.41, 5.74) is 1.06. The van der Waals surface area contributed by atoms with Crippen LogP contribution in [0.4, 0.5) is 10.2 Å². The number of carbonyl (C=O) groups excluding carboxylic acids is 1. The van der Waals surface area contributed by atoms with Crippen LogP contribution in [0.3, 0.4) is 0 Å². The summed E-state index contributed by atoms with van der Waals surface area (Å²) in [7, 11) is 0. The number of aryl methyl sites for hydroxylation is 1. The van der Waals surface area contributed by atoms with Gasteiger partial charge < -0.3 is 5.32 Å². The smallest absolute Gasteiger partial charge is 0.296 e. The Morgan fingerprint density at radius 1 is 1.30 bits per heavy atom. The summed E-state index contributed by atoms with van der Waals surface area (Å²) >= 11 is 6.07. The van der Waals surface area contributed by atoms with Crippen molar-refractivity contribution in [2.45, 2.75) is 13.5 Å². The fourth-order valence-electron chi connectivity index (χ4n) is 2.57. The molecule has 0 aliphatic rings. The second kappa shape index (κ2) is 6.76. The lowest BCUT2D eigenvalue weighted by Gasteiger charge is -2.07. The normalized spacial score (nSPS) is 11.1. The lowest BCUT2D eigenvalue weighted by atomic mass is 10.2. The van der Waals surface area contributed by atoms with Gasteiger partial charge in [-0.1, -0.05) is 17.7 Å². The number of halogens is 2. The first-order valence-corrected chi connectivity index (χ1v) is 8.35. The van der Waals surface area contributed by atoms with Crippen molar-refractivity contribution in [2.75, 3.05) is 5.32 Å². The van der Waals surface area contributed by atoms with Gasteiger partial charge in [-0.3, -0.25) is 9.48 Å². The summed E-state index contributed by atoms with van der Waals surface area (Å²) in [5, 5.41) is 11.3. The largest absolute Gasteiger partial charge is 0.302 e. The molecule has 0 fully saturated rings. The number of anilines is 1. The van der Waals surface area contributed by atoms with Crippen LogP contribution < -0.4 is 5.32 Å². The molecule has 4 aromatic rings. The molecule has 4 rings (SSSR count). The number of nitrogens with zero attached hydrogens (tertiary/aromatic N) is 6. The van der Waals surface area contributed by atoms with Crippen molar-refractivity contribution in [3.8, 4) is 0 Å². The van der Waals surface area contributed by atoms with E-state index < -0.39 is 11.7 Å². The Hall–Kier alpha value is -3.33. The van der Waals surface area contributed by atoms with Gasteiger partial charge in [0.2, 0.25) is 5.82 Å². The van der Waals surface area contributed by atoms with Crippen LogP contribution in [0.5, 0.6) is 0 Å². The number of rotatable bonds is 4. The summed E-state index contributed by atoms with van der Waals surface area (Å²) in [6, 6.07) is 7.85. The van der Waals surface area contributed by atoms with Crippen molar-refractivity contribution in [1.82, 2.24) is 29.4 Å². The maximum absolute atomic E-state index is 14.0. The molecule has 0 atom stereocenters. The molecule has 1 amide bonds. The summed E-state index contributed by atoms with van der Waals surface area (Å²) in [6.45, 7) is 1.94. The average Bonchev–Trinajstić information content (AvgIpc) is 3.21. The fourth-order valence-corrected chi connectivity index (χ4v) is 2.79. The maximum atomic E-state index is 14.0. The molecule has 3 heterocycles. The Morgan fingerprint density at radius 3 is 2.93 bits per heavy atom. The van der Waals surface area contributed by atoms with Gasteiger partial charge in [-0.15, -0.1) is 5.10 Å². The molecule has 0 saturated carbocycles. The lowest BCUT2D eigenvalue weighted by Crippen LogP contribution is -2.15. The predicted molar refractivity (Wildman–Crippen MR) is 96.2 cm³/mol. The number of benzene rings is 1. The molecular formula is C17H13ClFN7O. The third-order valence-electron chi connectivity index (χ3n) is 3.91. The molecule has 0 aliphatic carbocycles. The van der Waals surface area contributed by atoms with Crippen LogP contribution in [0.1, 0.15) is 21.9 Å². The monoisotopic (exact) mass is 385 g/mol. The van der Waals surface area contributed by atoms with Gasteiger partial charge in [0.1, 0.15) is 5.82 Å². The van der Waals surface area contributed by atoms with E-state index in [1.807, 2.05) is 0 Å². The van der Waals surface area contributed by atoms with Crippen LogP contribution >= 0.6 is 11.6 Å². The minimum atomic E-state index is -0.519. The Morgan fingerprint density at radius 2 is 2.15 bits per heavy atom. The van der Waals surface area contributed by atoms with Gasteiger partial charge >= 0.3 is 0 Å². The highest BCUT2D eigenvalue weighted by molar-refractivity contribution is 6.31. The van der Waals surface area contributed by atoms with Crippen LogP contribution in [0.15, 0.2) is 42.7 Å². The molecule has 0 radical (unpaired) electrons. The molecule has 10 heteroatoms. The predicted octanol–water partition coefficient (Wildman–Crippen LogP) is 2.72. The van der Waals surface area contributed by atoms with E-state index in [1.165, 1.54) is 10.6 Å². The van der Waals surface area contributed by atoms with Crippen LogP contribution in [-0.2, 0) is 6.54 Å². The van der Waals surface area contributed by atoms with Crippen molar-refractivity contribution in [3.63, 3.8) is 0 Å². The SMILES string of the molecule is Cc1cc(NC(=O)c2nc3ncccn3n2)nn1Cc1c(F)cccc1Cl. The first-order chi connectivity index (χ1) is 13.0. The van der Waals surface area contributed by atoms with Crippen LogP contribution in [-0.4, -0.2) is 35.3 Å². The van der Waals surface area contributed by atoms with E-state index in [9.17, 15) is 9.18 Å². The second-order valence-corrected chi connectivity index (χ2v) is 6.19. The van der Waals surface area contributed by atoms with Crippen molar-refractivity contribution in [1.29, 1.82) is 0 Å². The topological polar surface area (TPSA) is 90.0 Å². The second-order valence-electron chi connectivity index (χ2n) is 5.78. The van der Waals surface area contributed by atoms with Gasteiger partial charge in [-0.25, -0.2) is 13.9 Å². The Labute approximate surface area is 157 Å². The van der Waals surface area contributed by atoms with Crippen molar-refractivity contribution in [2.24, 2.45) is 0 Å². The zero-order chi connectivity index (χ0) is 19.0. The Bertz CT molecular complexity index is 1100. The van der Waals surface area contributed by atoms with Crippen molar-refractivity contribution in [3.05, 3.63) is 70.6 Å². The minimum absolute atomic E-state index is 0.0296. The number of nitrogens with one attached hydrogen (secondary N) is 1. The zero-order valence-corrected chi connectivity index (χ0v) is 14.9. The summed E-state index contributed by atoms with van der Waals surface area (Å²) in [6.07, 6.45) is 3.20. The molecule has 0 spiro atoms. The standard InChI is InChI=1S/C17H13ClFN7O/c1-10-8-14(23-26(10)9-11-12(18)4-2-5-13(11)19)21-16(27)15-22-17-20-6-3-7-25(17)24-15/h2-8H,9H2,1H3,(H,21,23,27). The number of hydrogen-bond donors (Lipinski definition) is 1. The molecule has 8 nitrogen and oxygen atoms in total. The molecule has 0 saturated heterocycles. The molecule has 3 aromatic heterocycles. The highest BCUT2D eigenvalue weighted by Crippen LogP contribution is 2.21. The third-order valence-corrected chi connectivity index (χ3v) is 4.27. The van der Waals surface area contributed by atoms with E-state index in [0.29, 0.717) is 22.2 Å². The molecule has 27 heavy (non-hydrogen) atoms. The van der Waals surface area contributed by atoms with Gasteiger partial charge in [0.05, 0.1) is 6.54 Å². The van der Waals surface area contributed by atoms with E-state index >= 15 is 0 Å². The highest BCUT2D eigenvalue weighted by atomic mass is 35.5. The Balaban J connectivity index is 1.55. The number of aromatic nitrogens is 6. The zero-order valence-electron chi connectivity index (χ0n) is 14.1. The quantitative estimate of drug-likeness (QED) is 0.583. The van der Waals surface area contributed by atoms with Crippen LogP contribution in [0, 0.1) is 12.7 Å². The van der Waals surface area contributed by atoms with Crippen molar-refractivity contribution < 1.29 is 9.18 Å². The van der Waals surface area contributed by atoms with E-state index in [2.05, 4.69) is 25.5 Å². The van der Waals surface area contributed by atoms with Gasteiger partial charge in [-0.2, -0.15) is 10.1 Å². The summed E-state index contributed by atoms with van der Waals surface area (Å²) in [5.74, 6) is -0.341. The van der Waals surface area contributed by atoms with Gasteiger partial charge in [0.25, 0.3) is 11.7 Å². The molecule has 0 unspecified atom stereocenters. The molecule has 1 aromatic carbocycles. The molecule has 0 bridgehead atoms. The summed E-state index contributed by atoms with van der Waals surface area (Å²) < 4.78 is 16.9. The number of amides is 1. The van der Waals surface area contributed by atoms with E-state index in [0.717, 1.165) is 5.69 Å². The van der Waals surface area contributed by atoms with E-state index in [4.69, 9.17) is 11.6 Å². The first kappa shape index (κ1) is 17.1. The van der Waals surface area contributed by atoms with Crippen LogP contribution in [0.25, 0.3) is 5.78 Å². The van der Waals surface area contributed by atoms with Crippen molar-refractivity contribution >= 4 is 29.1 Å². The van der Waals surface area contributed by atoms with E-state index in [1.54, 1.807) is 48.3 Å². The maximum Gasteiger partial charge on any atom is 0.296 e. The number of fused-ring (bicyclic) bond motifs is 1. The first-order valence-electron chi connectivity index (χ1n) is 7.97. The van der Waals surface area contributed by atoms with Gasteiger partial charge in [0.15, 0.2) is 5.82 Å². The molecule has 1 N–H and O–H groups in total. The average molecular weight is 386 g/mol. The van der Waals surface area contributed by atoms with E-state index in [-0.39, 0.29) is 12.4 Å². The van der Waals surface area contributed by atoms with Gasteiger partial charge in [0, 0.05) is 34.7 Å². The Kier molecular flexibility index (Phi) is 4.28. The molecule has 136 valence electrons. The third kappa shape index (κ3) is 3.36. The number of carbonyl (C=O) groups is 1. The minimum Gasteiger partial charge on any atom is -0.302 e. The number of hydrogen-bond acceptors (Lipinski definition) is 5. The van der Waals surface area contributed by atoms with Crippen LogP contribution in [0.2, 0.25) is 5.02 Å². The van der Waals surface area contributed by atoms with Gasteiger partial charge in [-0.05, 0) is 25.1 Å². The molecular weight excluding hydrogens is 373 g/mol. The lowest BCUT2D eigenvalue weighted by molar-refractivity contribution is 0.101.